The first-order valence-electron chi connectivity index (χ1n) is 9.49. The molecular formula is C24H21ClN3O2+. The first-order chi connectivity index (χ1) is 14.6. The Kier molecular flexibility index (Phi) is 5.82. The number of amides is 1. The minimum atomic E-state index is -0.157. The van der Waals surface area contributed by atoms with Crippen molar-refractivity contribution in [2.45, 2.75) is 6.61 Å². The number of benzene rings is 2. The molecule has 0 saturated carbocycles. The molecule has 150 valence electrons. The van der Waals surface area contributed by atoms with Gasteiger partial charge in [-0.1, -0.05) is 18.2 Å². The number of fused-ring (bicyclic) bond motifs is 1. The van der Waals surface area contributed by atoms with Crippen LogP contribution in [0.4, 0.5) is 0 Å². The number of halogens is 1. The zero-order valence-corrected chi connectivity index (χ0v) is 17.2. The number of rotatable bonds is 6. The average Bonchev–Trinajstić information content (AvgIpc) is 3.20. The highest BCUT2D eigenvalue weighted by molar-refractivity contribution is 6.24. The van der Waals surface area contributed by atoms with Crippen molar-refractivity contribution in [1.29, 1.82) is 0 Å². The van der Waals surface area contributed by atoms with Gasteiger partial charge in [0, 0.05) is 37.1 Å². The van der Waals surface area contributed by atoms with Gasteiger partial charge in [-0.3, -0.25) is 4.79 Å². The predicted octanol–water partition coefficient (Wildman–Crippen LogP) is 3.90. The third kappa shape index (κ3) is 4.53. The number of hydrogen-bond acceptors (Lipinski definition) is 3. The summed E-state index contributed by atoms with van der Waals surface area (Å²) in [5.41, 5.74) is 4.02. The van der Waals surface area contributed by atoms with Crippen LogP contribution in [0.3, 0.4) is 0 Å². The summed E-state index contributed by atoms with van der Waals surface area (Å²) < 4.78 is 7.83. The Balaban J connectivity index is 1.51. The summed E-state index contributed by atoms with van der Waals surface area (Å²) >= 11 is 5.13. The van der Waals surface area contributed by atoms with E-state index in [1.54, 1.807) is 7.05 Å². The Labute approximate surface area is 179 Å². The fraction of sp³-hybridized carbons (Fsp3) is 0.0833. The van der Waals surface area contributed by atoms with Gasteiger partial charge in [-0.15, -0.1) is 0 Å². The van der Waals surface area contributed by atoms with Gasteiger partial charge in [-0.25, -0.2) is 4.98 Å². The number of carbonyl (C=O) groups excluding carboxylic acids is 1. The second kappa shape index (κ2) is 8.84. The topological polar surface area (TPSA) is 55.6 Å². The van der Waals surface area contributed by atoms with E-state index in [4.69, 9.17) is 16.3 Å². The lowest BCUT2D eigenvalue weighted by atomic mass is 10.0. The molecule has 0 atom stereocenters. The number of imidazole rings is 1. The Morgan fingerprint density at radius 3 is 2.57 bits per heavy atom. The van der Waals surface area contributed by atoms with Crippen molar-refractivity contribution >= 4 is 23.2 Å². The monoisotopic (exact) mass is 418 g/mol. The number of pyridine rings is 1. The Morgan fingerprint density at radius 2 is 1.87 bits per heavy atom. The van der Waals surface area contributed by atoms with Gasteiger partial charge >= 0.3 is 0 Å². The normalized spacial score (nSPS) is 11.5. The van der Waals surface area contributed by atoms with Crippen LogP contribution in [0, 0.1) is 11.6 Å². The molecule has 0 aliphatic carbocycles. The molecular weight excluding hydrogens is 398 g/mol. The summed E-state index contributed by atoms with van der Waals surface area (Å²) in [4.78, 5) is 17.0. The maximum absolute atomic E-state index is 12.4. The number of nitrogens with one attached hydrogen (secondary N) is 1. The molecule has 4 aromatic rings. The predicted molar refractivity (Wildman–Crippen MR) is 115 cm³/mol. The second-order valence-corrected chi connectivity index (χ2v) is 7.19. The van der Waals surface area contributed by atoms with Crippen LogP contribution in [0.15, 0.2) is 79.1 Å². The highest BCUT2D eigenvalue weighted by Crippen LogP contribution is 2.22. The summed E-state index contributed by atoms with van der Waals surface area (Å²) in [7, 11) is 1.62. The van der Waals surface area contributed by atoms with Gasteiger partial charge in [0.1, 0.15) is 18.0 Å². The molecule has 0 unspecified atom stereocenters. The van der Waals surface area contributed by atoms with E-state index in [1.165, 1.54) is 0 Å². The number of hydrogen-bond donors (Lipinski definition) is 1. The number of carbonyl (C=O) groups is 1. The van der Waals surface area contributed by atoms with Crippen molar-refractivity contribution in [3.8, 4) is 5.75 Å². The van der Waals surface area contributed by atoms with E-state index in [0.717, 1.165) is 27.5 Å². The molecule has 1 amide bonds. The smallest absolute Gasteiger partial charge is 0.251 e. The highest BCUT2D eigenvalue weighted by atomic mass is 35.5. The molecule has 2 heterocycles. The Bertz CT molecular complexity index is 1160. The molecule has 0 aliphatic rings. The molecule has 6 heteroatoms. The van der Waals surface area contributed by atoms with Gasteiger partial charge in [0.25, 0.3) is 5.91 Å². The lowest BCUT2D eigenvalue weighted by Gasteiger charge is -2.09. The number of nitrogens with zero attached hydrogens (tertiary/aromatic N) is 2. The zero-order valence-electron chi connectivity index (χ0n) is 16.4. The Morgan fingerprint density at radius 1 is 1.10 bits per heavy atom. The fourth-order valence-electron chi connectivity index (χ4n) is 3.09. The van der Waals surface area contributed by atoms with Gasteiger partial charge in [0.2, 0.25) is 5.02 Å². The first kappa shape index (κ1) is 19.7. The van der Waals surface area contributed by atoms with Crippen molar-refractivity contribution in [3.63, 3.8) is 0 Å². The molecule has 2 aromatic heterocycles. The van der Waals surface area contributed by atoms with Gasteiger partial charge in [-0.05, 0) is 53.6 Å². The molecule has 30 heavy (non-hydrogen) atoms. The van der Waals surface area contributed by atoms with Crippen molar-refractivity contribution in [2.75, 3.05) is 7.05 Å². The average molecular weight is 419 g/mol. The highest BCUT2D eigenvalue weighted by Gasteiger charge is 2.11. The molecule has 0 aliphatic heterocycles. The summed E-state index contributed by atoms with van der Waals surface area (Å²) in [6.45, 7) is 0.368. The van der Waals surface area contributed by atoms with Crippen LogP contribution in [0.25, 0.3) is 17.3 Å². The maximum atomic E-state index is 12.4. The Hall–Kier alpha value is -3.57. The standard InChI is InChI=1S/C24H20ClN3O2/c1-26-24(29)22(14-17-5-9-19(25)10-6-17)18-7-11-21(12-8-18)30-16-20-15-28-13-3-2-4-23(28)27-20/h2-15,25H,16H2,1H3/p+1/b22-14+. The van der Waals surface area contributed by atoms with Crippen LogP contribution in [-0.4, -0.2) is 22.3 Å². The van der Waals surface area contributed by atoms with E-state index in [1.807, 2.05) is 89.6 Å². The van der Waals surface area contributed by atoms with E-state index in [2.05, 4.69) is 10.3 Å². The first-order valence-corrected chi connectivity index (χ1v) is 9.90. The summed E-state index contributed by atoms with van der Waals surface area (Å²) in [6.07, 6.45) is 5.75. The van der Waals surface area contributed by atoms with E-state index >= 15 is 0 Å². The van der Waals surface area contributed by atoms with Crippen molar-refractivity contribution < 1.29 is 21.1 Å². The van der Waals surface area contributed by atoms with Gasteiger partial charge in [-0.2, -0.15) is 0 Å². The second-order valence-electron chi connectivity index (χ2n) is 6.72. The van der Waals surface area contributed by atoms with E-state index < -0.39 is 0 Å². The summed E-state index contributed by atoms with van der Waals surface area (Å²) in [6, 6.07) is 20.8. The molecule has 5 nitrogen and oxygen atoms in total. The third-order valence-electron chi connectivity index (χ3n) is 4.63. The number of aromatic nitrogens is 2. The third-order valence-corrected chi connectivity index (χ3v) is 4.90. The quantitative estimate of drug-likeness (QED) is 0.381. The molecule has 1 N–H and O–H groups in total. The molecule has 2 aromatic carbocycles. The van der Waals surface area contributed by atoms with Crippen LogP contribution < -0.4 is 10.1 Å². The van der Waals surface area contributed by atoms with E-state index in [9.17, 15) is 4.79 Å². The number of ether oxygens (including phenoxy) is 1. The maximum Gasteiger partial charge on any atom is 0.251 e. The molecule has 0 fully saturated rings. The fourth-order valence-corrected chi connectivity index (χ4v) is 3.23. The van der Waals surface area contributed by atoms with Crippen LogP contribution >= 0.6 is 0 Å². The molecule has 4 rings (SSSR count). The van der Waals surface area contributed by atoms with Crippen molar-refractivity contribution in [1.82, 2.24) is 14.7 Å². The summed E-state index contributed by atoms with van der Waals surface area (Å²) in [5.74, 6) is 0.554. The van der Waals surface area contributed by atoms with E-state index in [-0.39, 0.29) is 5.91 Å². The lowest BCUT2D eigenvalue weighted by Crippen LogP contribution is -2.19. The largest absolute Gasteiger partial charge is 0.487 e. The van der Waals surface area contributed by atoms with Crippen LogP contribution in [0.5, 0.6) is 5.75 Å². The van der Waals surface area contributed by atoms with Crippen molar-refractivity contribution in [2.24, 2.45) is 0 Å². The molecule has 0 bridgehead atoms. The lowest BCUT2D eigenvalue weighted by molar-refractivity contribution is -0.288. The minimum absolute atomic E-state index is 0.157. The van der Waals surface area contributed by atoms with E-state index in [0.29, 0.717) is 17.9 Å². The zero-order chi connectivity index (χ0) is 20.9. The van der Waals surface area contributed by atoms with Crippen LogP contribution in [-0.2, 0) is 11.4 Å². The van der Waals surface area contributed by atoms with Crippen molar-refractivity contribution in [3.05, 3.63) is 101 Å². The van der Waals surface area contributed by atoms with Crippen LogP contribution in [0.2, 0.25) is 5.02 Å². The number of likely N-dealkylation sites (N-methyl/N-ethyl adjacent to an activating group) is 1. The van der Waals surface area contributed by atoms with Gasteiger partial charge in [0.15, 0.2) is 11.6 Å². The van der Waals surface area contributed by atoms with Gasteiger partial charge < -0.3 is 14.5 Å². The minimum Gasteiger partial charge on any atom is -0.487 e. The molecule has 0 saturated heterocycles. The summed E-state index contributed by atoms with van der Waals surface area (Å²) in [5, 5.41) is 3.46. The van der Waals surface area contributed by atoms with Crippen LogP contribution in [0.1, 0.15) is 16.8 Å². The molecule has 0 spiro atoms. The molecule has 0 radical (unpaired) electrons. The SMILES string of the molecule is CNC(=O)/C(=C/c1ccc([ClH+])cc1)c1ccc(OCc2cn3ccccc3n2)cc1. The van der Waals surface area contributed by atoms with Gasteiger partial charge in [0.05, 0.1) is 5.69 Å².